The molecule has 2 heteroatoms. The summed E-state index contributed by atoms with van der Waals surface area (Å²) in [5, 5.41) is 0. The molecule has 1 aromatic heterocycles. The molecule has 100 valence electrons. The molecule has 2 rings (SSSR count). The monoisotopic (exact) mass is 246 g/mol. The molecule has 1 aromatic rings. The SMILES string of the molecule is Cc1c(CCN2CCCCC2)ccnc1C(C)C. The van der Waals surface area contributed by atoms with Crippen LogP contribution in [0.1, 0.15) is 55.8 Å². The number of rotatable bonds is 4. The number of hydrogen-bond acceptors (Lipinski definition) is 2. The van der Waals surface area contributed by atoms with Gasteiger partial charge in [-0.3, -0.25) is 4.98 Å². The van der Waals surface area contributed by atoms with Gasteiger partial charge in [-0.2, -0.15) is 0 Å². The van der Waals surface area contributed by atoms with E-state index in [2.05, 4.69) is 36.7 Å². The van der Waals surface area contributed by atoms with Crippen molar-refractivity contribution in [1.29, 1.82) is 0 Å². The van der Waals surface area contributed by atoms with Crippen LogP contribution in [0.3, 0.4) is 0 Å². The second-order valence-electron chi connectivity index (χ2n) is 5.79. The average molecular weight is 246 g/mol. The first kappa shape index (κ1) is 13.5. The highest BCUT2D eigenvalue weighted by Gasteiger charge is 2.12. The van der Waals surface area contributed by atoms with E-state index in [0.717, 1.165) is 0 Å². The van der Waals surface area contributed by atoms with Crippen molar-refractivity contribution in [2.75, 3.05) is 19.6 Å². The van der Waals surface area contributed by atoms with Crippen LogP contribution in [-0.4, -0.2) is 29.5 Å². The molecule has 0 radical (unpaired) electrons. The lowest BCUT2D eigenvalue weighted by Gasteiger charge is -2.26. The summed E-state index contributed by atoms with van der Waals surface area (Å²) in [6.07, 6.45) is 7.34. The quantitative estimate of drug-likeness (QED) is 0.808. The van der Waals surface area contributed by atoms with Gasteiger partial charge >= 0.3 is 0 Å². The topological polar surface area (TPSA) is 16.1 Å². The summed E-state index contributed by atoms with van der Waals surface area (Å²) in [4.78, 5) is 7.13. The van der Waals surface area contributed by atoms with Gasteiger partial charge in [0, 0.05) is 18.4 Å². The van der Waals surface area contributed by atoms with Crippen LogP contribution in [0.2, 0.25) is 0 Å². The number of aromatic nitrogens is 1. The largest absolute Gasteiger partial charge is 0.303 e. The molecule has 0 atom stereocenters. The first-order valence-electron chi connectivity index (χ1n) is 7.35. The molecule has 0 unspecified atom stereocenters. The minimum atomic E-state index is 0.528. The Bertz CT molecular complexity index is 379. The normalized spacial score (nSPS) is 17.3. The maximum Gasteiger partial charge on any atom is 0.0460 e. The molecule has 2 nitrogen and oxygen atoms in total. The second-order valence-corrected chi connectivity index (χ2v) is 5.79. The van der Waals surface area contributed by atoms with Crippen LogP contribution in [0, 0.1) is 6.92 Å². The summed E-state index contributed by atoms with van der Waals surface area (Å²) in [6.45, 7) is 10.5. The van der Waals surface area contributed by atoms with E-state index < -0.39 is 0 Å². The fraction of sp³-hybridized carbons (Fsp3) is 0.688. The van der Waals surface area contributed by atoms with Crippen molar-refractivity contribution in [3.05, 3.63) is 29.1 Å². The highest BCUT2D eigenvalue weighted by molar-refractivity contribution is 5.30. The van der Waals surface area contributed by atoms with Crippen LogP contribution in [0.25, 0.3) is 0 Å². The van der Waals surface area contributed by atoms with Gasteiger partial charge in [-0.25, -0.2) is 0 Å². The lowest BCUT2D eigenvalue weighted by Crippen LogP contribution is -2.31. The Morgan fingerprint density at radius 1 is 1.22 bits per heavy atom. The molecule has 2 heterocycles. The van der Waals surface area contributed by atoms with Crippen molar-refractivity contribution >= 4 is 0 Å². The molecule has 0 aliphatic carbocycles. The molecule has 1 saturated heterocycles. The molecular weight excluding hydrogens is 220 g/mol. The van der Waals surface area contributed by atoms with E-state index >= 15 is 0 Å². The van der Waals surface area contributed by atoms with Gasteiger partial charge in [0.15, 0.2) is 0 Å². The van der Waals surface area contributed by atoms with Gasteiger partial charge in [0.2, 0.25) is 0 Å². The van der Waals surface area contributed by atoms with E-state index in [1.165, 1.54) is 62.1 Å². The third kappa shape index (κ3) is 3.32. The maximum absolute atomic E-state index is 4.52. The van der Waals surface area contributed by atoms with Gasteiger partial charge in [-0.15, -0.1) is 0 Å². The van der Waals surface area contributed by atoms with Gasteiger partial charge in [0.1, 0.15) is 0 Å². The Labute approximate surface area is 111 Å². The molecule has 0 aromatic carbocycles. The first-order valence-corrected chi connectivity index (χ1v) is 7.35. The highest BCUT2D eigenvalue weighted by Crippen LogP contribution is 2.20. The van der Waals surface area contributed by atoms with Crippen molar-refractivity contribution in [3.8, 4) is 0 Å². The third-order valence-corrected chi connectivity index (χ3v) is 4.05. The minimum Gasteiger partial charge on any atom is -0.303 e. The fourth-order valence-corrected chi connectivity index (χ4v) is 2.91. The molecule has 1 fully saturated rings. The summed E-state index contributed by atoms with van der Waals surface area (Å²) in [5.74, 6) is 0.528. The lowest BCUT2D eigenvalue weighted by atomic mass is 9.98. The summed E-state index contributed by atoms with van der Waals surface area (Å²) in [5.41, 5.74) is 4.16. The number of piperidine rings is 1. The smallest absolute Gasteiger partial charge is 0.0460 e. The van der Waals surface area contributed by atoms with Gasteiger partial charge in [-0.05, 0) is 62.4 Å². The number of hydrogen-bond donors (Lipinski definition) is 0. The van der Waals surface area contributed by atoms with Gasteiger partial charge in [0.25, 0.3) is 0 Å². The zero-order valence-corrected chi connectivity index (χ0v) is 12.1. The van der Waals surface area contributed by atoms with E-state index in [4.69, 9.17) is 0 Å². The minimum absolute atomic E-state index is 0.528. The van der Waals surface area contributed by atoms with Crippen molar-refractivity contribution in [2.45, 2.75) is 52.4 Å². The standard InChI is InChI=1S/C16H26N2/c1-13(2)16-14(3)15(7-9-17-16)8-12-18-10-5-4-6-11-18/h7,9,13H,4-6,8,10-12H2,1-3H3. The van der Waals surface area contributed by atoms with Crippen LogP contribution in [0.5, 0.6) is 0 Å². The molecule has 0 saturated carbocycles. The Kier molecular flexibility index (Phi) is 4.76. The molecule has 0 amide bonds. The van der Waals surface area contributed by atoms with E-state index in [0.29, 0.717) is 5.92 Å². The van der Waals surface area contributed by atoms with Gasteiger partial charge < -0.3 is 4.90 Å². The molecule has 0 N–H and O–H groups in total. The van der Waals surface area contributed by atoms with Crippen LogP contribution in [-0.2, 0) is 6.42 Å². The number of pyridine rings is 1. The van der Waals surface area contributed by atoms with E-state index in [-0.39, 0.29) is 0 Å². The predicted octanol–water partition coefficient (Wildman–Crippen LogP) is 3.54. The number of nitrogens with zero attached hydrogens (tertiary/aromatic N) is 2. The maximum atomic E-state index is 4.52. The Balaban J connectivity index is 1.98. The summed E-state index contributed by atoms with van der Waals surface area (Å²) in [6, 6.07) is 2.20. The summed E-state index contributed by atoms with van der Waals surface area (Å²) in [7, 11) is 0. The van der Waals surface area contributed by atoms with Gasteiger partial charge in [0.05, 0.1) is 0 Å². The lowest BCUT2D eigenvalue weighted by molar-refractivity contribution is 0.231. The molecule has 0 spiro atoms. The second kappa shape index (κ2) is 6.33. The Morgan fingerprint density at radius 2 is 1.94 bits per heavy atom. The first-order chi connectivity index (χ1) is 8.68. The zero-order valence-electron chi connectivity index (χ0n) is 12.1. The predicted molar refractivity (Wildman–Crippen MR) is 77.1 cm³/mol. The van der Waals surface area contributed by atoms with E-state index in [9.17, 15) is 0 Å². The molecule has 18 heavy (non-hydrogen) atoms. The average Bonchev–Trinajstić information content (AvgIpc) is 2.38. The third-order valence-electron chi connectivity index (χ3n) is 4.05. The van der Waals surface area contributed by atoms with Crippen LogP contribution in [0.4, 0.5) is 0 Å². The molecule has 0 bridgehead atoms. The van der Waals surface area contributed by atoms with Crippen molar-refractivity contribution < 1.29 is 0 Å². The Hall–Kier alpha value is -0.890. The van der Waals surface area contributed by atoms with Crippen LogP contribution in [0.15, 0.2) is 12.3 Å². The molecule has 1 aliphatic heterocycles. The van der Waals surface area contributed by atoms with Crippen LogP contribution < -0.4 is 0 Å². The van der Waals surface area contributed by atoms with Crippen LogP contribution >= 0.6 is 0 Å². The van der Waals surface area contributed by atoms with Crippen molar-refractivity contribution in [3.63, 3.8) is 0 Å². The van der Waals surface area contributed by atoms with E-state index in [1.807, 2.05) is 6.20 Å². The zero-order chi connectivity index (χ0) is 13.0. The highest BCUT2D eigenvalue weighted by atomic mass is 15.1. The Morgan fingerprint density at radius 3 is 2.61 bits per heavy atom. The molecule has 1 aliphatic rings. The van der Waals surface area contributed by atoms with Crippen molar-refractivity contribution in [2.24, 2.45) is 0 Å². The van der Waals surface area contributed by atoms with Gasteiger partial charge in [-0.1, -0.05) is 20.3 Å². The van der Waals surface area contributed by atoms with Crippen molar-refractivity contribution in [1.82, 2.24) is 9.88 Å². The summed E-state index contributed by atoms with van der Waals surface area (Å²) >= 11 is 0. The fourth-order valence-electron chi connectivity index (χ4n) is 2.91. The van der Waals surface area contributed by atoms with E-state index in [1.54, 1.807) is 0 Å². The summed E-state index contributed by atoms with van der Waals surface area (Å²) < 4.78 is 0. The molecular formula is C16H26N2. The number of likely N-dealkylation sites (tertiary alicyclic amines) is 1.